The molecule has 0 bridgehead atoms. The summed E-state index contributed by atoms with van der Waals surface area (Å²) >= 11 is 5.79. The minimum atomic E-state index is -1.05. The third kappa shape index (κ3) is 6.93. The number of rotatable bonds is 5. The first-order chi connectivity index (χ1) is 10.2. The number of aliphatic hydroxyl groups excluding tert-OH is 2. The van der Waals surface area contributed by atoms with Crippen molar-refractivity contribution in [3.05, 3.63) is 40.9 Å². The third-order valence-corrected chi connectivity index (χ3v) is 2.92. The van der Waals surface area contributed by atoms with E-state index in [2.05, 4.69) is 5.32 Å². The number of alkyl carbamates (subject to hydrolysis) is 1. The predicted octanol–water partition coefficient (Wildman–Crippen LogP) is 2.60. The lowest BCUT2D eigenvalue weighted by Gasteiger charge is -2.24. The molecule has 0 aliphatic heterocycles. The fraction of sp³-hybridized carbons (Fsp3) is 0.438. The van der Waals surface area contributed by atoms with E-state index >= 15 is 0 Å². The molecule has 1 aromatic rings. The summed E-state index contributed by atoms with van der Waals surface area (Å²) in [7, 11) is 0. The lowest BCUT2D eigenvalue weighted by molar-refractivity contribution is 0.0406. The van der Waals surface area contributed by atoms with Gasteiger partial charge < -0.3 is 20.3 Å². The Hall–Kier alpha value is -1.56. The predicted molar refractivity (Wildman–Crippen MR) is 86.7 cm³/mol. The van der Waals surface area contributed by atoms with Crippen LogP contribution in [0.1, 0.15) is 26.3 Å². The van der Waals surface area contributed by atoms with Gasteiger partial charge in [0.2, 0.25) is 0 Å². The largest absolute Gasteiger partial charge is 0.444 e. The molecule has 0 radical (unpaired) electrons. The van der Waals surface area contributed by atoms with Crippen LogP contribution >= 0.6 is 11.6 Å². The van der Waals surface area contributed by atoms with Crippen LogP contribution in [0.4, 0.5) is 4.79 Å². The zero-order valence-corrected chi connectivity index (χ0v) is 13.7. The second kappa shape index (κ2) is 8.17. The third-order valence-electron chi connectivity index (χ3n) is 2.67. The summed E-state index contributed by atoms with van der Waals surface area (Å²) in [5.74, 6) is 0. The Labute approximate surface area is 135 Å². The number of ether oxygens (including phenoxy) is 1. The van der Waals surface area contributed by atoms with E-state index in [4.69, 9.17) is 16.3 Å². The van der Waals surface area contributed by atoms with Gasteiger partial charge in [-0.1, -0.05) is 35.9 Å². The van der Waals surface area contributed by atoms with Gasteiger partial charge in [0.1, 0.15) is 5.60 Å². The summed E-state index contributed by atoms with van der Waals surface area (Å²) < 4.78 is 5.09. The van der Waals surface area contributed by atoms with E-state index in [9.17, 15) is 15.0 Å². The number of nitrogens with one attached hydrogen (secondary N) is 1. The Bertz CT molecular complexity index is 508. The van der Waals surface area contributed by atoms with Crippen molar-refractivity contribution < 1.29 is 19.7 Å². The smallest absolute Gasteiger partial charge is 0.408 e. The first-order valence-electron chi connectivity index (χ1n) is 6.93. The Kier molecular flexibility index (Phi) is 6.87. The second-order valence-corrected chi connectivity index (χ2v) is 6.27. The van der Waals surface area contributed by atoms with Gasteiger partial charge in [-0.25, -0.2) is 4.79 Å². The van der Waals surface area contributed by atoms with Gasteiger partial charge in [0.25, 0.3) is 0 Å². The number of benzene rings is 1. The second-order valence-electron chi connectivity index (χ2n) is 5.84. The highest BCUT2D eigenvalue weighted by Crippen LogP contribution is 2.12. The maximum Gasteiger partial charge on any atom is 0.408 e. The Morgan fingerprint density at radius 3 is 2.45 bits per heavy atom. The lowest BCUT2D eigenvalue weighted by Crippen LogP contribution is -2.46. The molecule has 6 heteroatoms. The fourth-order valence-electron chi connectivity index (χ4n) is 1.62. The Balaban J connectivity index is 2.62. The van der Waals surface area contributed by atoms with Crippen molar-refractivity contribution in [2.75, 3.05) is 6.61 Å². The summed E-state index contributed by atoms with van der Waals surface area (Å²) in [4.78, 5) is 11.6. The number of amides is 1. The van der Waals surface area contributed by atoms with Crippen LogP contribution in [0.25, 0.3) is 6.08 Å². The number of halogens is 1. The molecule has 0 aliphatic rings. The van der Waals surface area contributed by atoms with Crippen LogP contribution in [-0.4, -0.2) is 40.7 Å². The maximum atomic E-state index is 11.6. The van der Waals surface area contributed by atoms with E-state index in [0.717, 1.165) is 5.56 Å². The summed E-state index contributed by atoms with van der Waals surface area (Å²) in [5.41, 5.74) is 0.200. The average Bonchev–Trinajstić information content (AvgIpc) is 2.42. The molecule has 1 aromatic carbocycles. The van der Waals surface area contributed by atoms with E-state index in [1.165, 1.54) is 6.08 Å². The normalized spacial score (nSPS) is 14.6. The number of carbonyl (C=O) groups excluding carboxylic acids is 1. The van der Waals surface area contributed by atoms with E-state index < -0.39 is 30.4 Å². The Morgan fingerprint density at radius 2 is 1.95 bits per heavy atom. The highest BCUT2D eigenvalue weighted by Gasteiger charge is 2.22. The molecule has 0 aromatic heterocycles. The van der Waals surface area contributed by atoms with Crippen LogP contribution in [0.15, 0.2) is 30.3 Å². The van der Waals surface area contributed by atoms with Crippen molar-refractivity contribution in [2.24, 2.45) is 0 Å². The van der Waals surface area contributed by atoms with Crippen molar-refractivity contribution in [3.8, 4) is 0 Å². The van der Waals surface area contributed by atoms with Crippen molar-refractivity contribution in [3.63, 3.8) is 0 Å². The molecule has 1 unspecified atom stereocenters. The molecule has 5 nitrogen and oxygen atoms in total. The highest BCUT2D eigenvalue weighted by atomic mass is 35.5. The van der Waals surface area contributed by atoms with Gasteiger partial charge in [-0.2, -0.15) is 0 Å². The molecule has 0 saturated carbocycles. The van der Waals surface area contributed by atoms with Crippen LogP contribution in [-0.2, 0) is 4.74 Å². The van der Waals surface area contributed by atoms with Gasteiger partial charge in [-0.3, -0.25) is 0 Å². The summed E-state index contributed by atoms with van der Waals surface area (Å²) in [6.07, 6.45) is 1.43. The molecule has 22 heavy (non-hydrogen) atoms. The lowest BCUT2D eigenvalue weighted by atomic mass is 10.1. The summed E-state index contributed by atoms with van der Waals surface area (Å²) in [5, 5.41) is 22.4. The van der Waals surface area contributed by atoms with E-state index in [-0.39, 0.29) is 0 Å². The van der Waals surface area contributed by atoms with Gasteiger partial charge >= 0.3 is 6.09 Å². The van der Waals surface area contributed by atoms with E-state index in [1.54, 1.807) is 51.1 Å². The van der Waals surface area contributed by atoms with E-state index in [1.807, 2.05) is 0 Å². The molecule has 2 atom stereocenters. The highest BCUT2D eigenvalue weighted by molar-refractivity contribution is 6.30. The van der Waals surface area contributed by atoms with Crippen LogP contribution in [0, 0.1) is 0 Å². The van der Waals surface area contributed by atoms with Gasteiger partial charge in [0.05, 0.1) is 18.8 Å². The number of hydrogen-bond donors (Lipinski definition) is 3. The summed E-state index contributed by atoms with van der Waals surface area (Å²) in [6.45, 7) is 4.79. The zero-order chi connectivity index (χ0) is 16.8. The monoisotopic (exact) mass is 327 g/mol. The van der Waals surface area contributed by atoms with Crippen molar-refractivity contribution in [1.82, 2.24) is 5.32 Å². The quantitative estimate of drug-likeness (QED) is 0.776. The molecule has 3 N–H and O–H groups in total. The molecule has 0 spiro atoms. The van der Waals surface area contributed by atoms with Crippen molar-refractivity contribution in [1.29, 1.82) is 0 Å². The molecule has 122 valence electrons. The zero-order valence-electron chi connectivity index (χ0n) is 12.9. The Morgan fingerprint density at radius 1 is 1.36 bits per heavy atom. The molecule has 1 rings (SSSR count). The number of aliphatic hydroxyl groups is 2. The molecule has 0 heterocycles. The standard InChI is InChI=1S/C16H22ClNO4/c1-16(2,3)22-15(21)18-13(10-19)14(20)9-6-11-4-7-12(17)8-5-11/h4-9,13-14,19-20H,10H2,1-3H3,(H,18,21)/b9-6+/t13?,14-/m1/s1. The van der Waals surface area contributed by atoms with Crippen LogP contribution in [0.5, 0.6) is 0 Å². The van der Waals surface area contributed by atoms with Gasteiger partial charge in [0.15, 0.2) is 0 Å². The van der Waals surface area contributed by atoms with Crippen LogP contribution in [0.2, 0.25) is 5.02 Å². The minimum absolute atomic E-state index is 0.411. The topological polar surface area (TPSA) is 78.8 Å². The molecule has 0 fully saturated rings. The number of carbonyl (C=O) groups is 1. The van der Waals surface area contributed by atoms with Crippen molar-refractivity contribution in [2.45, 2.75) is 38.5 Å². The maximum absolute atomic E-state index is 11.6. The average molecular weight is 328 g/mol. The van der Waals surface area contributed by atoms with Gasteiger partial charge in [-0.15, -0.1) is 0 Å². The van der Waals surface area contributed by atoms with Crippen LogP contribution < -0.4 is 5.32 Å². The minimum Gasteiger partial charge on any atom is -0.444 e. The molecular weight excluding hydrogens is 306 g/mol. The number of hydrogen-bond acceptors (Lipinski definition) is 4. The van der Waals surface area contributed by atoms with E-state index in [0.29, 0.717) is 5.02 Å². The van der Waals surface area contributed by atoms with Gasteiger partial charge in [-0.05, 0) is 38.5 Å². The first-order valence-corrected chi connectivity index (χ1v) is 7.31. The summed E-state index contributed by atoms with van der Waals surface area (Å²) in [6, 6.07) is 6.20. The van der Waals surface area contributed by atoms with Gasteiger partial charge in [0, 0.05) is 5.02 Å². The SMILES string of the molecule is CC(C)(C)OC(=O)NC(CO)[C@H](O)/C=C/c1ccc(Cl)cc1. The molecular formula is C16H22ClNO4. The molecule has 1 amide bonds. The van der Waals surface area contributed by atoms with Crippen molar-refractivity contribution >= 4 is 23.8 Å². The van der Waals surface area contributed by atoms with Crippen LogP contribution in [0.3, 0.4) is 0 Å². The molecule has 0 aliphatic carbocycles. The fourth-order valence-corrected chi connectivity index (χ4v) is 1.74. The molecule has 0 saturated heterocycles. The first kappa shape index (κ1) is 18.5.